The van der Waals surface area contributed by atoms with Gasteiger partial charge in [0.2, 0.25) is 0 Å². The van der Waals surface area contributed by atoms with Gasteiger partial charge in [0.25, 0.3) is 0 Å². The molecule has 1 unspecified atom stereocenters. The van der Waals surface area contributed by atoms with Crippen LogP contribution in [0.4, 0.5) is 13.2 Å². The average Bonchev–Trinajstić information content (AvgIpc) is 2.80. The lowest BCUT2D eigenvalue weighted by Crippen LogP contribution is -2.39. The Hall–Kier alpha value is -2.38. The molecule has 0 bridgehead atoms. The van der Waals surface area contributed by atoms with E-state index in [4.69, 9.17) is 28.0 Å². The first kappa shape index (κ1) is 26.9. The smallest absolute Gasteiger partial charge is 0.370 e. The van der Waals surface area contributed by atoms with Crippen LogP contribution in [0.5, 0.6) is 0 Å². The second-order valence-electron chi connectivity index (χ2n) is 8.09. The number of nitrogens with zero attached hydrogens (tertiary/aromatic N) is 2. The van der Waals surface area contributed by atoms with Gasteiger partial charge >= 0.3 is 6.18 Å². The number of guanidine groups is 1. The number of nitrogens with two attached hydrogens (primary N) is 4. The summed E-state index contributed by atoms with van der Waals surface area (Å²) < 4.78 is 51.9. The van der Waals surface area contributed by atoms with Gasteiger partial charge in [-0.05, 0) is 49.7 Å². The molecular weight excluding hydrogens is 457 g/mol. The third kappa shape index (κ3) is 7.05. The first-order valence-corrected chi connectivity index (χ1v) is 12.1. The predicted octanol–water partition coefficient (Wildman–Crippen LogP) is 2.18. The molecule has 1 heterocycles. The summed E-state index contributed by atoms with van der Waals surface area (Å²) in [5, 5.41) is 15.9. The van der Waals surface area contributed by atoms with Crippen LogP contribution in [0.2, 0.25) is 0 Å². The lowest BCUT2D eigenvalue weighted by atomic mass is 9.81. The summed E-state index contributed by atoms with van der Waals surface area (Å²) in [5.74, 6) is 10.7. The van der Waals surface area contributed by atoms with E-state index in [1.165, 1.54) is 25.3 Å². The van der Waals surface area contributed by atoms with Crippen LogP contribution in [0, 0.1) is 5.41 Å². The second kappa shape index (κ2) is 12.2. The molecule has 1 saturated carbocycles. The third-order valence-corrected chi connectivity index (χ3v) is 6.77. The number of piperidine rings is 1. The zero-order valence-corrected chi connectivity index (χ0v) is 19.3. The van der Waals surface area contributed by atoms with E-state index in [0.29, 0.717) is 5.56 Å². The number of alkyl halides is 3. The number of halogens is 3. The predicted molar refractivity (Wildman–Crippen MR) is 123 cm³/mol. The van der Waals surface area contributed by atoms with Crippen LogP contribution in [0.1, 0.15) is 74.0 Å². The Labute approximate surface area is 194 Å². The van der Waals surface area contributed by atoms with E-state index in [-0.39, 0.29) is 23.3 Å². The van der Waals surface area contributed by atoms with E-state index < -0.39 is 27.6 Å². The molecule has 1 aliphatic heterocycles. The summed E-state index contributed by atoms with van der Waals surface area (Å²) in [5.41, 5.74) is 6.96. The van der Waals surface area contributed by atoms with Crippen molar-refractivity contribution < 1.29 is 17.4 Å². The van der Waals surface area contributed by atoms with Gasteiger partial charge in [-0.2, -0.15) is 18.3 Å². The van der Waals surface area contributed by atoms with Crippen LogP contribution < -0.4 is 28.0 Å². The Bertz CT molecular complexity index is 866. The monoisotopic (exact) mass is 490 g/mol. The third-order valence-electron chi connectivity index (χ3n) is 5.94. The second-order valence-corrected chi connectivity index (χ2v) is 9.09. The van der Waals surface area contributed by atoms with Gasteiger partial charge in [0.15, 0.2) is 11.8 Å². The summed E-state index contributed by atoms with van der Waals surface area (Å²) >= 11 is 0. The number of hydrogen-bond acceptors (Lipinski definition) is 5. The van der Waals surface area contributed by atoms with Crippen LogP contribution in [-0.2, 0) is 17.2 Å². The molecule has 33 heavy (non-hydrogen) atoms. The molecule has 2 fully saturated rings. The fraction of sp³-hybridized carbons (Fsp3) is 0.600. The van der Waals surface area contributed by atoms with Crippen LogP contribution >= 0.6 is 0 Å². The number of nitrogens with one attached hydrogen (secondary N) is 2. The van der Waals surface area contributed by atoms with Crippen molar-refractivity contribution in [2.75, 3.05) is 13.1 Å². The number of benzene rings is 1. The van der Waals surface area contributed by atoms with Crippen molar-refractivity contribution in [1.82, 2.24) is 10.3 Å². The summed E-state index contributed by atoms with van der Waals surface area (Å²) in [6, 6.07) is 2.30. The highest BCUT2D eigenvalue weighted by Crippen LogP contribution is 2.41. The molecule has 1 aliphatic carbocycles. The van der Waals surface area contributed by atoms with Gasteiger partial charge in [0, 0.05) is 18.7 Å². The molecule has 1 aromatic rings. The minimum absolute atomic E-state index is 0.0115. The summed E-state index contributed by atoms with van der Waals surface area (Å²) in [6.45, 7) is 1.96. The van der Waals surface area contributed by atoms with Crippen molar-refractivity contribution in [3.63, 3.8) is 0 Å². The largest absolute Gasteiger partial charge is 0.417 e. The molecule has 0 spiro atoms. The lowest BCUT2D eigenvalue weighted by Gasteiger charge is -2.27. The fourth-order valence-corrected chi connectivity index (χ4v) is 5.15. The molecule has 186 valence electrons. The van der Waals surface area contributed by atoms with Crippen LogP contribution in [0.3, 0.4) is 0 Å². The molecule has 0 radical (unpaired) electrons. The number of rotatable bonds is 3. The SMILES string of the molecule is N/N=C(\NN)c1c(C2CCCCC2)ccc(C(F)(F)F)c1S(N)=O.N=C(N)N1CCCCC1. The van der Waals surface area contributed by atoms with Crippen LogP contribution in [0.15, 0.2) is 22.1 Å². The number of hydrazone groups is 1. The molecule has 0 aromatic heterocycles. The van der Waals surface area contributed by atoms with Gasteiger partial charge in [-0.1, -0.05) is 25.3 Å². The Morgan fingerprint density at radius 2 is 1.70 bits per heavy atom. The fourth-order valence-electron chi connectivity index (χ4n) is 4.34. The number of likely N-dealkylation sites (tertiary alicyclic amines) is 1. The molecular formula is C20H33F3N8OS. The summed E-state index contributed by atoms with van der Waals surface area (Å²) in [6.07, 6.45) is 3.63. The Morgan fingerprint density at radius 1 is 1.12 bits per heavy atom. The maximum atomic E-state index is 13.3. The van der Waals surface area contributed by atoms with Gasteiger partial charge in [0.1, 0.15) is 11.0 Å². The zero-order valence-electron chi connectivity index (χ0n) is 18.5. The van der Waals surface area contributed by atoms with Gasteiger partial charge < -0.3 is 21.9 Å². The molecule has 9 nitrogen and oxygen atoms in total. The van der Waals surface area contributed by atoms with Gasteiger partial charge in [0.05, 0.1) is 10.5 Å². The van der Waals surface area contributed by atoms with Gasteiger partial charge in [-0.25, -0.2) is 15.2 Å². The molecule has 10 N–H and O–H groups in total. The zero-order chi connectivity index (χ0) is 24.6. The quantitative estimate of drug-likeness (QED) is 0.164. The van der Waals surface area contributed by atoms with Crippen molar-refractivity contribution in [2.45, 2.75) is 68.4 Å². The molecule has 13 heteroatoms. The van der Waals surface area contributed by atoms with Gasteiger partial charge in [-0.3, -0.25) is 5.41 Å². The number of hydrazine groups is 1. The highest BCUT2D eigenvalue weighted by atomic mass is 32.2. The topological polar surface area (TPSA) is 173 Å². The first-order chi connectivity index (χ1) is 15.6. The minimum atomic E-state index is -4.71. The van der Waals surface area contributed by atoms with E-state index >= 15 is 0 Å². The van der Waals surface area contributed by atoms with Gasteiger partial charge in [-0.15, -0.1) is 0 Å². The summed E-state index contributed by atoms with van der Waals surface area (Å²) in [7, 11) is -2.39. The van der Waals surface area contributed by atoms with E-state index in [1.54, 1.807) is 0 Å². The molecule has 1 aromatic carbocycles. The molecule has 3 rings (SSSR count). The molecule has 1 saturated heterocycles. The van der Waals surface area contributed by atoms with Crippen molar-refractivity contribution in [3.8, 4) is 0 Å². The standard InChI is InChI=1S/C14H20F3N5OS.C6H13N3/c15-14(16,17)10-7-6-9(8-4-2-1-3-5-8)11(12(10)24(20)23)13(21-18)22-19;7-6(8)9-4-2-1-3-5-9/h6-8H,1-5,18-20H2,(H,21,22);1-5H2,(H3,7,8). The molecule has 1 atom stereocenters. The van der Waals surface area contributed by atoms with Crippen molar-refractivity contribution in [1.29, 1.82) is 5.41 Å². The maximum absolute atomic E-state index is 13.3. The normalized spacial score (nSPS) is 18.8. The highest BCUT2D eigenvalue weighted by Gasteiger charge is 2.38. The Kier molecular flexibility index (Phi) is 9.92. The average molecular weight is 491 g/mol. The highest BCUT2D eigenvalue weighted by molar-refractivity contribution is 7.82. The van der Waals surface area contributed by atoms with Crippen molar-refractivity contribution >= 4 is 22.8 Å². The van der Waals surface area contributed by atoms with Crippen molar-refractivity contribution in [3.05, 3.63) is 28.8 Å². The van der Waals surface area contributed by atoms with E-state index in [1.807, 2.05) is 4.90 Å². The van der Waals surface area contributed by atoms with Crippen LogP contribution in [0.25, 0.3) is 0 Å². The number of amidine groups is 1. The first-order valence-electron chi connectivity index (χ1n) is 10.9. The summed E-state index contributed by atoms with van der Waals surface area (Å²) in [4.78, 5) is 1.37. The minimum Gasteiger partial charge on any atom is -0.370 e. The van der Waals surface area contributed by atoms with E-state index in [2.05, 4.69) is 10.5 Å². The van der Waals surface area contributed by atoms with Crippen molar-refractivity contribution in [2.24, 2.45) is 27.7 Å². The van der Waals surface area contributed by atoms with E-state index in [0.717, 1.165) is 51.3 Å². The lowest BCUT2D eigenvalue weighted by molar-refractivity contribution is -0.139. The Morgan fingerprint density at radius 3 is 2.12 bits per heavy atom. The van der Waals surface area contributed by atoms with E-state index in [9.17, 15) is 17.4 Å². The number of hydrogen-bond donors (Lipinski definition) is 6. The Balaban J connectivity index is 0.000000357. The molecule has 0 amide bonds. The maximum Gasteiger partial charge on any atom is 0.417 e. The molecule has 2 aliphatic rings. The van der Waals surface area contributed by atoms with Crippen LogP contribution in [-0.4, -0.2) is 34.0 Å².